The number of benzene rings is 1. The van der Waals surface area contributed by atoms with Gasteiger partial charge in [-0.3, -0.25) is 4.79 Å². The first-order chi connectivity index (χ1) is 11.1. The molecule has 4 nitrogen and oxygen atoms in total. The molecule has 1 aliphatic heterocycles. The highest BCUT2D eigenvalue weighted by Gasteiger charge is 2.44. The van der Waals surface area contributed by atoms with Gasteiger partial charge in [-0.25, -0.2) is 4.79 Å². The number of cyclic esters (lactones) is 1. The van der Waals surface area contributed by atoms with Gasteiger partial charge in [0.15, 0.2) is 5.78 Å². The molecule has 1 aromatic rings. The molecule has 23 heavy (non-hydrogen) atoms. The van der Waals surface area contributed by atoms with Crippen molar-refractivity contribution in [2.45, 2.75) is 38.9 Å². The minimum absolute atomic E-state index is 0.136. The third-order valence-corrected chi connectivity index (χ3v) is 5.29. The molecule has 1 fully saturated rings. The summed E-state index contributed by atoms with van der Waals surface area (Å²) in [6, 6.07) is 8.31. The fourth-order valence-electron chi connectivity index (χ4n) is 3.81. The summed E-state index contributed by atoms with van der Waals surface area (Å²) in [6.07, 6.45) is 2.24. The zero-order valence-electron chi connectivity index (χ0n) is 13.2. The molecule has 4 rings (SSSR count). The van der Waals surface area contributed by atoms with Gasteiger partial charge in [-0.1, -0.05) is 24.3 Å². The van der Waals surface area contributed by atoms with E-state index in [4.69, 9.17) is 9.47 Å². The van der Waals surface area contributed by atoms with Crippen molar-refractivity contribution in [3.8, 4) is 0 Å². The summed E-state index contributed by atoms with van der Waals surface area (Å²) >= 11 is 0. The second-order valence-corrected chi connectivity index (χ2v) is 6.50. The SMILES string of the molecule is CC1=C(C)[C@@H](O/C=C2/C(=O)C[C@@H]3c4ccccc4CC23)OC1=O. The summed E-state index contributed by atoms with van der Waals surface area (Å²) in [4.78, 5) is 23.9. The van der Waals surface area contributed by atoms with E-state index < -0.39 is 6.29 Å². The summed E-state index contributed by atoms with van der Waals surface area (Å²) in [5.74, 6) is 0.229. The van der Waals surface area contributed by atoms with Crippen molar-refractivity contribution in [2.24, 2.45) is 5.92 Å². The van der Waals surface area contributed by atoms with Crippen LogP contribution in [0, 0.1) is 5.92 Å². The van der Waals surface area contributed by atoms with Crippen LogP contribution in [-0.2, 0) is 25.5 Å². The number of fused-ring (bicyclic) bond motifs is 3. The van der Waals surface area contributed by atoms with E-state index in [2.05, 4.69) is 12.1 Å². The van der Waals surface area contributed by atoms with Crippen LogP contribution in [0.2, 0.25) is 0 Å². The van der Waals surface area contributed by atoms with Crippen molar-refractivity contribution < 1.29 is 19.1 Å². The number of rotatable bonds is 2. The van der Waals surface area contributed by atoms with Gasteiger partial charge in [0.1, 0.15) is 0 Å². The van der Waals surface area contributed by atoms with Crippen LogP contribution in [0.25, 0.3) is 0 Å². The van der Waals surface area contributed by atoms with Crippen LogP contribution in [0.5, 0.6) is 0 Å². The van der Waals surface area contributed by atoms with Crippen LogP contribution < -0.4 is 0 Å². The number of carbonyl (C=O) groups excluding carboxylic acids is 2. The Bertz CT molecular complexity index is 771. The minimum Gasteiger partial charge on any atom is -0.458 e. The minimum atomic E-state index is -0.703. The van der Waals surface area contributed by atoms with Gasteiger partial charge < -0.3 is 9.47 Å². The van der Waals surface area contributed by atoms with Gasteiger partial charge in [0, 0.05) is 29.1 Å². The quantitative estimate of drug-likeness (QED) is 0.479. The van der Waals surface area contributed by atoms with Gasteiger partial charge in [-0.2, -0.15) is 0 Å². The first-order valence-electron chi connectivity index (χ1n) is 7.91. The highest BCUT2D eigenvalue weighted by atomic mass is 16.7. The molecular weight excluding hydrogens is 292 g/mol. The molecule has 0 bridgehead atoms. The van der Waals surface area contributed by atoms with E-state index >= 15 is 0 Å². The molecule has 1 unspecified atom stereocenters. The monoisotopic (exact) mass is 310 g/mol. The second-order valence-electron chi connectivity index (χ2n) is 6.50. The number of ketones is 1. The smallest absolute Gasteiger partial charge is 0.337 e. The van der Waals surface area contributed by atoms with E-state index in [1.54, 1.807) is 6.92 Å². The van der Waals surface area contributed by atoms with Gasteiger partial charge in [-0.15, -0.1) is 0 Å². The average molecular weight is 310 g/mol. The van der Waals surface area contributed by atoms with Crippen molar-refractivity contribution in [1.29, 1.82) is 0 Å². The number of esters is 1. The number of ether oxygens (including phenoxy) is 2. The summed E-state index contributed by atoms with van der Waals surface area (Å²) in [7, 11) is 0. The Balaban J connectivity index is 1.57. The molecular formula is C19H18O4. The standard InChI is InChI=1S/C19H18O4/c1-10-11(2)19(23-18(10)21)22-9-16-14-7-12-5-3-4-6-13(12)15(14)8-17(16)20/h3-6,9,14-15,19H,7-8H2,1-2H3/b16-9+/t14?,15-,19+/m1/s1. The van der Waals surface area contributed by atoms with Gasteiger partial charge in [0.25, 0.3) is 6.29 Å². The Labute approximate surface area is 134 Å². The highest BCUT2D eigenvalue weighted by molar-refractivity contribution is 5.99. The Morgan fingerprint density at radius 3 is 2.65 bits per heavy atom. The molecule has 3 atom stereocenters. The van der Waals surface area contributed by atoms with Crippen molar-refractivity contribution in [3.63, 3.8) is 0 Å². The van der Waals surface area contributed by atoms with E-state index in [0.717, 1.165) is 17.6 Å². The first kappa shape index (κ1) is 14.2. The van der Waals surface area contributed by atoms with Gasteiger partial charge in [0.05, 0.1) is 6.26 Å². The summed E-state index contributed by atoms with van der Waals surface area (Å²) in [6.45, 7) is 3.53. The molecule has 4 heteroatoms. The lowest BCUT2D eigenvalue weighted by molar-refractivity contribution is -0.153. The number of hydrogen-bond acceptors (Lipinski definition) is 4. The zero-order valence-corrected chi connectivity index (χ0v) is 13.2. The lowest BCUT2D eigenvalue weighted by atomic mass is 9.95. The maximum atomic E-state index is 12.3. The first-order valence-corrected chi connectivity index (χ1v) is 7.91. The van der Waals surface area contributed by atoms with Crippen LogP contribution in [-0.4, -0.2) is 18.0 Å². The Hall–Kier alpha value is -2.36. The van der Waals surface area contributed by atoms with Crippen LogP contribution in [0.3, 0.4) is 0 Å². The van der Waals surface area contributed by atoms with Crippen LogP contribution in [0.4, 0.5) is 0 Å². The van der Waals surface area contributed by atoms with Crippen molar-refractivity contribution >= 4 is 11.8 Å². The number of Topliss-reactive ketones (excluding diaryl/α,β-unsaturated/α-hetero) is 1. The van der Waals surface area contributed by atoms with Crippen LogP contribution in [0.1, 0.15) is 37.3 Å². The number of allylic oxidation sites excluding steroid dienone is 1. The number of hydrogen-bond donors (Lipinski definition) is 0. The lowest BCUT2D eigenvalue weighted by Gasteiger charge is -2.13. The fourth-order valence-corrected chi connectivity index (χ4v) is 3.81. The Morgan fingerprint density at radius 1 is 1.13 bits per heavy atom. The van der Waals surface area contributed by atoms with E-state index in [1.807, 2.05) is 19.1 Å². The van der Waals surface area contributed by atoms with Gasteiger partial charge in [-0.05, 0) is 37.3 Å². The molecule has 3 aliphatic rings. The van der Waals surface area contributed by atoms with Crippen molar-refractivity contribution in [2.75, 3.05) is 0 Å². The van der Waals surface area contributed by atoms with Crippen molar-refractivity contribution in [1.82, 2.24) is 0 Å². The predicted molar refractivity (Wildman–Crippen MR) is 83.4 cm³/mol. The molecule has 0 saturated heterocycles. The molecule has 1 heterocycles. The van der Waals surface area contributed by atoms with Crippen LogP contribution >= 0.6 is 0 Å². The number of carbonyl (C=O) groups is 2. The fraction of sp³-hybridized carbons (Fsp3) is 0.368. The molecule has 1 aromatic carbocycles. The third kappa shape index (κ3) is 2.12. The van der Waals surface area contributed by atoms with E-state index in [0.29, 0.717) is 12.0 Å². The molecule has 0 N–H and O–H groups in total. The second kappa shape index (κ2) is 5.08. The summed E-state index contributed by atoms with van der Waals surface area (Å²) < 4.78 is 10.8. The average Bonchev–Trinajstić information content (AvgIpc) is 3.12. The Morgan fingerprint density at radius 2 is 1.91 bits per heavy atom. The van der Waals surface area contributed by atoms with Gasteiger partial charge >= 0.3 is 5.97 Å². The molecule has 2 aliphatic carbocycles. The van der Waals surface area contributed by atoms with E-state index in [1.165, 1.54) is 17.4 Å². The molecule has 0 spiro atoms. The largest absolute Gasteiger partial charge is 0.458 e. The van der Waals surface area contributed by atoms with Crippen molar-refractivity contribution in [3.05, 3.63) is 58.4 Å². The van der Waals surface area contributed by atoms with E-state index in [-0.39, 0.29) is 23.6 Å². The molecule has 0 radical (unpaired) electrons. The normalized spacial score (nSPS) is 30.7. The predicted octanol–water partition coefficient (Wildman–Crippen LogP) is 3.04. The maximum Gasteiger partial charge on any atom is 0.337 e. The topological polar surface area (TPSA) is 52.6 Å². The summed E-state index contributed by atoms with van der Waals surface area (Å²) in [5.41, 5.74) is 4.68. The third-order valence-electron chi connectivity index (χ3n) is 5.29. The highest BCUT2D eigenvalue weighted by Crippen LogP contribution is 2.49. The Kier molecular flexibility index (Phi) is 3.15. The maximum absolute atomic E-state index is 12.3. The van der Waals surface area contributed by atoms with Crippen LogP contribution in [0.15, 0.2) is 47.2 Å². The van der Waals surface area contributed by atoms with E-state index in [9.17, 15) is 9.59 Å². The molecule has 0 aromatic heterocycles. The van der Waals surface area contributed by atoms with Gasteiger partial charge in [0.2, 0.25) is 0 Å². The lowest BCUT2D eigenvalue weighted by Crippen LogP contribution is -2.14. The molecule has 1 saturated carbocycles. The zero-order chi connectivity index (χ0) is 16.1. The summed E-state index contributed by atoms with van der Waals surface area (Å²) in [5, 5.41) is 0. The molecule has 118 valence electrons. The molecule has 0 amide bonds.